The van der Waals surface area contributed by atoms with Gasteiger partial charge in [-0.1, -0.05) is 200 Å². The molecule has 69 heavy (non-hydrogen) atoms. The van der Waals surface area contributed by atoms with Gasteiger partial charge >= 0.3 is 0 Å². The van der Waals surface area contributed by atoms with E-state index in [1.54, 1.807) is 0 Å². The predicted molar refractivity (Wildman–Crippen MR) is 290 cm³/mol. The van der Waals surface area contributed by atoms with E-state index in [0.717, 1.165) is 22.7 Å². The van der Waals surface area contributed by atoms with Gasteiger partial charge in [-0.15, -0.1) is 0 Å². The lowest BCUT2D eigenvalue weighted by atomic mass is 9.70. The van der Waals surface area contributed by atoms with Crippen LogP contribution in [0.15, 0.2) is 255 Å². The van der Waals surface area contributed by atoms with Crippen LogP contribution in [0.4, 0.5) is 17.1 Å². The van der Waals surface area contributed by atoms with Crippen molar-refractivity contribution in [3.05, 3.63) is 277 Å². The highest BCUT2D eigenvalue weighted by Gasteiger charge is 2.51. The zero-order valence-electron chi connectivity index (χ0n) is 37.6. The Kier molecular flexibility index (Phi) is 8.02. The topological polar surface area (TPSA) is 8.17 Å². The molecule has 0 bridgehead atoms. The highest BCUT2D eigenvalue weighted by atomic mass is 15.1. The van der Waals surface area contributed by atoms with Crippen LogP contribution in [0.3, 0.4) is 0 Å². The molecule has 13 aromatic rings. The first kappa shape index (κ1) is 38.2. The van der Waals surface area contributed by atoms with Crippen LogP contribution in [0.2, 0.25) is 0 Å². The molecule has 0 aliphatic heterocycles. The number of aromatic nitrogens is 1. The van der Waals surface area contributed by atoms with Gasteiger partial charge in [-0.05, 0) is 137 Å². The quantitative estimate of drug-likeness (QED) is 0.156. The van der Waals surface area contributed by atoms with Gasteiger partial charge in [0.15, 0.2) is 0 Å². The number of benzene rings is 12. The number of anilines is 3. The van der Waals surface area contributed by atoms with Crippen LogP contribution in [0.5, 0.6) is 0 Å². The molecular formula is C67H42N2. The molecule has 1 aromatic heterocycles. The minimum Gasteiger partial charge on any atom is -0.310 e. The van der Waals surface area contributed by atoms with Gasteiger partial charge in [-0.25, -0.2) is 0 Å². The van der Waals surface area contributed by atoms with Gasteiger partial charge in [-0.3, -0.25) is 0 Å². The maximum absolute atomic E-state index is 2.50. The molecule has 2 aliphatic carbocycles. The Morgan fingerprint density at radius 1 is 0.290 bits per heavy atom. The number of fused-ring (bicyclic) bond motifs is 18. The molecule has 0 unspecified atom stereocenters. The molecule has 0 saturated carbocycles. The minimum absolute atomic E-state index is 0.447. The smallest absolute Gasteiger partial charge is 0.0726 e. The lowest BCUT2D eigenvalue weighted by molar-refractivity contribution is 0.793. The van der Waals surface area contributed by atoms with Gasteiger partial charge in [0.25, 0.3) is 0 Å². The molecule has 15 rings (SSSR count). The van der Waals surface area contributed by atoms with Crippen LogP contribution < -0.4 is 4.90 Å². The summed E-state index contributed by atoms with van der Waals surface area (Å²) in [5.74, 6) is 0. The van der Waals surface area contributed by atoms with Crippen LogP contribution in [-0.2, 0) is 5.41 Å². The van der Waals surface area contributed by atoms with Gasteiger partial charge in [-0.2, -0.15) is 0 Å². The molecule has 2 aliphatic rings. The van der Waals surface area contributed by atoms with Gasteiger partial charge in [0.1, 0.15) is 0 Å². The lowest BCUT2D eigenvalue weighted by Crippen LogP contribution is -2.26. The summed E-state index contributed by atoms with van der Waals surface area (Å²) in [6.45, 7) is 0. The van der Waals surface area contributed by atoms with E-state index < -0.39 is 5.41 Å². The van der Waals surface area contributed by atoms with Gasteiger partial charge < -0.3 is 9.47 Å². The maximum Gasteiger partial charge on any atom is 0.0726 e. The Labute approximate surface area is 400 Å². The fraction of sp³-hybridized carbons (Fsp3) is 0.0149. The molecule has 320 valence electrons. The summed E-state index contributed by atoms with van der Waals surface area (Å²) >= 11 is 0. The number of rotatable bonds is 5. The zero-order chi connectivity index (χ0) is 45.2. The average Bonchev–Trinajstić information content (AvgIpc) is 4.03. The van der Waals surface area contributed by atoms with Crippen molar-refractivity contribution in [2.45, 2.75) is 5.41 Å². The van der Waals surface area contributed by atoms with E-state index >= 15 is 0 Å². The standard InChI is InChI=1S/C67H42N2/c1-2-16-48(17-3-1)69-65-40-47(32-37-58(65)59-38-31-45-15-5-7-19-53(45)66(59)69)43-28-33-49(34-29-43)68(50-35-30-46-27-26-44-14-4-6-18-52(44)60(46)41-50)51-36-39-57-56-22-10-13-25-63(56)67(64(57)42-51)61-23-11-8-20-54(61)55-21-9-12-24-62(55)67/h1-42H. The first-order chi connectivity index (χ1) is 34.2. The summed E-state index contributed by atoms with van der Waals surface area (Å²) in [7, 11) is 0. The van der Waals surface area contributed by atoms with Crippen molar-refractivity contribution in [1.82, 2.24) is 4.57 Å². The van der Waals surface area contributed by atoms with E-state index in [0.29, 0.717) is 0 Å². The fourth-order valence-electron chi connectivity index (χ4n) is 12.4. The molecule has 1 spiro atoms. The third kappa shape index (κ3) is 5.37. The van der Waals surface area contributed by atoms with E-state index in [2.05, 4.69) is 264 Å². The third-order valence-electron chi connectivity index (χ3n) is 15.4. The molecule has 12 aromatic carbocycles. The summed E-state index contributed by atoms with van der Waals surface area (Å²) in [5, 5.41) is 9.97. The van der Waals surface area contributed by atoms with Crippen molar-refractivity contribution in [3.8, 4) is 39.1 Å². The average molecular weight is 875 g/mol. The number of para-hydroxylation sites is 1. The van der Waals surface area contributed by atoms with Crippen LogP contribution >= 0.6 is 0 Å². The van der Waals surface area contributed by atoms with E-state index in [-0.39, 0.29) is 0 Å². The summed E-state index contributed by atoms with van der Waals surface area (Å²) in [6.07, 6.45) is 0. The molecule has 0 radical (unpaired) electrons. The number of nitrogens with zero attached hydrogens (tertiary/aromatic N) is 2. The Bertz CT molecular complexity index is 4190. The van der Waals surface area contributed by atoms with E-state index in [1.165, 1.54) is 110 Å². The van der Waals surface area contributed by atoms with Crippen LogP contribution in [0.25, 0.3) is 93.2 Å². The van der Waals surface area contributed by atoms with Crippen molar-refractivity contribution >= 4 is 71.2 Å². The summed E-state index contributed by atoms with van der Waals surface area (Å²) in [6, 6.07) is 95.0. The van der Waals surface area contributed by atoms with Crippen molar-refractivity contribution in [1.29, 1.82) is 0 Å². The fourth-order valence-corrected chi connectivity index (χ4v) is 12.4. The minimum atomic E-state index is -0.447. The SMILES string of the molecule is c1ccc(-n2c3cc(-c4ccc(N(c5ccc6c(c5)C5(c7ccccc7-c7ccccc75)c5ccccc5-6)c5ccc6ccc7ccccc7c6c5)cc4)ccc3c3ccc4ccccc4c32)cc1. The van der Waals surface area contributed by atoms with Crippen molar-refractivity contribution in [3.63, 3.8) is 0 Å². The molecule has 0 fully saturated rings. The van der Waals surface area contributed by atoms with E-state index in [1.807, 2.05) is 0 Å². The molecule has 2 heteroatoms. The van der Waals surface area contributed by atoms with Crippen molar-refractivity contribution in [2.24, 2.45) is 0 Å². The van der Waals surface area contributed by atoms with Crippen LogP contribution in [0.1, 0.15) is 22.3 Å². The molecule has 1 heterocycles. The highest BCUT2D eigenvalue weighted by molar-refractivity contribution is 6.19. The van der Waals surface area contributed by atoms with Crippen LogP contribution in [-0.4, -0.2) is 4.57 Å². The van der Waals surface area contributed by atoms with E-state index in [9.17, 15) is 0 Å². The second-order valence-electron chi connectivity index (χ2n) is 18.8. The first-order valence-electron chi connectivity index (χ1n) is 24.0. The zero-order valence-corrected chi connectivity index (χ0v) is 37.6. The Balaban J connectivity index is 0.929. The normalized spacial score (nSPS) is 13.0. The summed E-state index contributed by atoms with van der Waals surface area (Å²) in [4.78, 5) is 2.47. The number of hydrogen-bond acceptors (Lipinski definition) is 1. The first-order valence-corrected chi connectivity index (χ1v) is 24.0. The molecule has 0 atom stereocenters. The largest absolute Gasteiger partial charge is 0.310 e. The van der Waals surface area contributed by atoms with Gasteiger partial charge in [0, 0.05) is 38.9 Å². The Morgan fingerprint density at radius 2 is 0.783 bits per heavy atom. The lowest BCUT2D eigenvalue weighted by Gasteiger charge is -2.32. The summed E-state index contributed by atoms with van der Waals surface area (Å²) in [5.41, 5.74) is 19.4. The molecule has 0 saturated heterocycles. The van der Waals surface area contributed by atoms with Crippen molar-refractivity contribution in [2.75, 3.05) is 4.90 Å². The monoisotopic (exact) mass is 874 g/mol. The van der Waals surface area contributed by atoms with Crippen LogP contribution in [0, 0.1) is 0 Å². The Morgan fingerprint density at radius 3 is 1.49 bits per heavy atom. The second-order valence-corrected chi connectivity index (χ2v) is 18.8. The second kappa shape index (κ2) is 14.5. The molecular weight excluding hydrogens is 833 g/mol. The van der Waals surface area contributed by atoms with Gasteiger partial charge in [0.2, 0.25) is 0 Å². The molecule has 2 nitrogen and oxygen atoms in total. The maximum atomic E-state index is 2.50. The third-order valence-corrected chi connectivity index (χ3v) is 15.4. The number of hydrogen-bond donors (Lipinski definition) is 0. The summed E-state index contributed by atoms with van der Waals surface area (Å²) < 4.78 is 2.45. The highest BCUT2D eigenvalue weighted by Crippen LogP contribution is 2.63. The van der Waals surface area contributed by atoms with E-state index in [4.69, 9.17) is 0 Å². The van der Waals surface area contributed by atoms with Gasteiger partial charge in [0.05, 0.1) is 16.4 Å². The Hall–Kier alpha value is -8.98. The predicted octanol–water partition coefficient (Wildman–Crippen LogP) is 17.7. The van der Waals surface area contributed by atoms with Crippen molar-refractivity contribution < 1.29 is 0 Å². The molecule has 0 amide bonds. The molecule has 0 N–H and O–H groups in total.